The van der Waals surface area contributed by atoms with Crippen LogP contribution in [0.2, 0.25) is 0 Å². The summed E-state index contributed by atoms with van der Waals surface area (Å²) in [6.07, 6.45) is 0.205. The first-order valence-electron chi connectivity index (χ1n) is 7.15. The van der Waals surface area contributed by atoms with Gasteiger partial charge in [-0.2, -0.15) is 0 Å². The van der Waals surface area contributed by atoms with E-state index in [1.165, 1.54) is 4.57 Å². The molecule has 0 spiro atoms. The summed E-state index contributed by atoms with van der Waals surface area (Å²) in [7, 11) is 3.55. The van der Waals surface area contributed by atoms with Crippen LogP contribution >= 0.6 is 0 Å². The molecule has 0 unspecified atom stereocenters. The fourth-order valence-corrected chi connectivity index (χ4v) is 2.27. The summed E-state index contributed by atoms with van der Waals surface area (Å²) in [4.78, 5) is 39.7. The molecule has 0 bridgehead atoms. The minimum absolute atomic E-state index is 0.0440. The Balaban J connectivity index is 2.20. The van der Waals surface area contributed by atoms with Crippen LogP contribution in [-0.4, -0.2) is 47.5 Å². The lowest BCUT2D eigenvalue weighted by atomic mass is 10.2. The van der Waals surface area contributed by atoms with Crippen molar-refractivity contribution in [3.05, 3.63) is 45.1 Å². The molecule has 1 amide bonds. The molecule has 0 radical (unpaired) electrons. The predicted molar refractivity (Wildman–Crippen MR) is 85.0 cm³/mol. The standard InChI is InChI=1S/C15H20N4O3/c1-16-8-10-18(2)13(20)7-9-19-12-6-4-3-5-11(12)14(21)17-15(19)22/h3-6,16H,7-10H2,1-2H3,(H,17,21,22). The minimum Gasteiger partial charge on any atom is -0.344 e. The van der Waals surface area contributed by atoms with Crippen LogP contribution in [0, 0.1) is 0 Å². The molecule has 1 aromatic carbocycles. The molecule has 0 fully saturated rings. The zero-order valence-electron chi connectivity index (χ0n) is 12.8. The average molecular weight is 304 g/mol. The Bertz CT molecular complexity index is 778. The van der Waals surface area contributed by atoms with Gasteiger partial charge >= 0.3 is 5.69 Å². The Labute approximate surface area is 127 Å². The number of para-hydroxylation sites is 1. The summed E-state index contributed by atoms with van der Waals surface area (Å²) in [5.74, 6) is -0.0440. The van der Waals surface area contributed by atoms with Crippen molar-refractivity contribution in [2.45, 2.75) is 13.0 Å². The van der Waals surface area contributed by atoms with Gasteiger partial charge in [0.15, 0.2) is 0 Å². The number of rotatable bonds is 6. The quantitative estimate of drug-likeness (QED) is 0.771. The third-order valence-corrected chi connectivity index (χ3v) is 3.58. The molecule has 7 heteroatoms. The normalized spacial score (nSPS) is 10.8. The second-order valence-electron chi connectivity index (χ2n) is 5.10. The lowest BCUT2D eigenvalue weighted by Crippen LogP contribution is -2.35. The van der Waals surface area contributed by atoms with Crippen molar-refractivity contribution in [1.82, 2.24) is 19.8 Å². The maximum atomic E-state index is 12.0. The van der Waals surface area contributed by atoms with E-state index in [-0.39, 0.29) is 18.9 Å². The van der Waals surface area contributed by atoms with Crippen LogP contribution in [0.4, 0.5) is 0 Å². The molecule has 0 atom stereocenters. The molecule has 22 heavy (non-hydrogen) atoms. The molecule has 2 N–H and O–H groups in total. The SMILES string of the molecule is CNCCN(C)C(=O)CCn1c(=O)[nH]c(=O)c2ccccc21. The Hall–Kier alpha value is -2.41. The van der Waals surface area contributed by atoms with Crippen molar-refractivity contribution in [3.63, 3.8) is 0 Å². The number of aromatic amines is 1. The fraction of sp³-hybridized carbons (Fsp3) is 0.400. The number of amides is 1. The van der Waals surface area contributed by atoms with Crippen molar-refractivity contribution < 1.29 is 4.79 Å². The third-order valence-electron chi connectivity index (χ3n) is 3.58. The van der Waals surface area contributed by atoms with Gasteiger partial charge in [0.05, 0.1) is 10.9 Å². The second kappa shape index (κ2) is 7.04. The lowest BCUT2D eigenvalue weighted by molar-refractivity contribution is -0.130. The van der Waals surface area contributed by atoms with E-state index in [0.29, 0.717) is 24.0 Å². The number of H-pyrrole nitrogens is 1. The highest BCUT2D eigenvalue weighted by Gasteiger charge is 2.11. The zero-order chi connectivity index (χ0) is 16.1. The van der Waals surface area contributed by atoms with E-state index >= 15 is 0 Å². The molecule has 0 aliphatic rings. The summed E-state index contributed by atoms with van der Waals surface area (Å²) in [5.41, 5.74) is -0.356. The van der Waals surface area contributed by atoms with E-state index in [1.54, 1.807) is 36.2 Å². The van der Waals surface area contributed by atoms with Gasteiger partial charge in [0, 0.05) is 33.1 Å². The van der Waals surface area contributed by atoms with Crippen molar-refractivity contribution in [1.29, 1.82) is 0 Å². The molecular weight excluding hydrogens is 284 g/mol. The number of benzene rings is 1. The average Bonchev–Trinajstić information content (AvgIpc) is 2.52. The number of hydrogen-bond donors (Lipinski definition) is 2. The summed E-state index contributed by atoms with van der Waals surface area (Å²) >= 11 is 0. The molecule has 118 valence electrons. The van der Waals surface area contributed by atoms with Gasteiger partial charge < -0.3 is 10.2 Å². The van der Waals surface area contributed by atoms with Gasteiger partial charge in [-0.05, 0) is 19.2 Å². The van der Waals surface area contributed by atoms with E-state index in [4.69, 9.17) is 0 Å². The van der Waals surface area contributed by atoms with E-state index in [0.717, 1.165) is 0 Å². The molecule has 1 heterocycles. The lowest BCUT2D eigenvalue weighted by Gasteiger charge is -2.17. The molecule has 2 aromatic rings. The number of fused-ring (bicyclic) bond motifs is 1. The van der Waals surface area contributed by atoms with Gasteiger partial charge in [0.25, 0.3) is 5.56 Å². The van der Waals surface area contributed by atoms with Crippen LogP contribution < -0.4 is 16.6 Å². The first kappa shape index (κ1) is 16.0. The number of carbonyl (C=O) groups excluding carboxylic acids is 1. The van der Waals surface area contributed by atoms with Crippen LogP contribution in [-0.2, 0) is 11.3 Å². The number of aromatic nitrogens is 2. The Kier molecular flexibility index (Phi) is 5.11. The first-order valence-corrected chi connectivity index (χ1v) is 7.15. The molecular formula is C15H20N4O3. The number of aryl methyl sites for hydroxylation is 1. The molecule has 7 nitrogen and oxygen atoms in total. The van der Waals surface area contributed by atoms with Gasteiger partial charge in [-0.15, -0.1) is 0 Å². The maximum Gasteiger partial charge on any atom is 0.328 e. The van der Waals surface area contributed by atoms with Crippen LogP contribution in [0.5, 0.6) is 0 Å². The number of nitrogens with zero attached hydrogens (tertiary/aromatic N) is 2. The molecule has 0 aliphatic carbocycles. The maximum absolute atomic E-state index is 12.0. The van der Waals surface area contributed by atoms with Crippen LogP contribution in [0.25, 0.3) is 10.9 Å². The van der Waals surface area contributed by atoms with Crippen LogP contribution in [0.3, 0.4) is 0 Å². The zero-order valence-corrected chi connectivity index (χ0v) is 12.8. The molecule has 0 saturated heterocycles. The molecule has 0 saturated carbocycles. The summed E-state index contributed by atoms with van der Waals surface area (Å²) in [5, 5.41) is 3.42. The molecule has 2 rings (SSSR count). The van der Waals surface area contributed by atoms with Gasteiger partial charge in [-0.25, -0.2) is 4.79 Å². The number of likely N-dealkylation sites (N-methyl/N-ethyl adjacent to an activating group) is 2. The highest BCUT2D eigenvalue weighted by Crippen LogP contribution is 2.07. The van der Waals surface area contributed by atoms with E-state index < -0.39 is 11.2 Å². The van der Waals surface area contributed by atoms with Gasteiger partial charge in [-0.1, -0.05) is 12.1 Å². The van der Waals surface area contributed by atoms with Crippen molar-refractivity contribution in [2.75, 3.05) is 27.2 Å². The highest BCUT2D eigenvalue weighted by atomic mass is 16.2. The fourth-order valence-electron chi connectivity index (χ4n) is 2.27. The molecule has 1 aromatic heterocycles. The highest BCUT2D eigenvalue weighted by molar-refractivity contribution is 5.78. The van der Waals surface area contributed by atoms with E-state index in [2.05, 4.69) is 10.3 Å². The predicted octanol–water partition coefficient (Wildman–Crippen LogP) is -0.242. The molecule has 0 aliphatic heterocycles. The summed E-state index contributed by atoms with van der Waals surface area (Å²) < 4.78 is 1.43. The van der Waals surface area contributed by atoms with Gasteiger partial charge in [0.2, 0.25) is 5.91 Å². The van der Waals surface area contributed by atoms with Crippen LogP contribution in [0.1, 0.15) is 6.42 Å². The Morgan fingerprint density at radius 3 is 2.77 bits per heavy atom. The van der Waals surface area contributed by atoms with E-state index in [1.807, 2.05) is 7.05 Å². The van der Waals surface area contributed by atoms with Crippen LogP contribution in [0.15, 0.2) is 33.9 Å². The topological polar surface area (TPSA) is 87.2 Å². The van der Waals surface area contributed by atoms with Gasteiger partial charge in [0.1, 0.15) is 0 Å². The Morgan fingerprint density at radius 2 is 2.05 bits per heavy atom. The second-order valence-corrected chi connectivity index (χ2v) is 5.10. The Morgan fingerprint density at radius 1 is 1.32 bits per heavy atom. The van der Waals surface area contributed by atoms with Crippen molar-refractivity contribution >= 4 is 16.8 Å². The number of nitrogens with one attached hydrogen (secondary N) is 2. The number of hydrogen-bond acceptors (Lipinski definition) is 4. The number of carbonyl (C=O) groups is 1. The summed E-state index contributed by atoms with van der Waals surface area (Å²) in [6, 6.07) is 6.87. The minimum atomic E-state index is -0.491. The van der Waals surface area contributed by atoms with Crippen molar-refractivity contribution in [2.24, 2.45) is 0 Å². The smallest absolute Gasteiger partial charge is 0.328 e. The first-order chi connectivity index (χ1) is 10.5. The monoisotopic (exact) mass is 304 g/mol. The van der Waals surface area contributed by atoms with Gasteiger partial charge in [-0.3, -0.25) is 19.1 Å². The van der Waals surface area contributed by atoms with Crippen molar-refractivity contribution in [3.8, 4) is 0 Å². The summed E-state index contributed by atoms with van der Waals surface area (Å²) in [6.45, 7) is 1.55. The largest absolute Gasteiger partial charge is 0.344 e. The van der Waals surface area contributed by atoms with E-state index in [9.17, 15) is 14.4 Å². The third kappa shape index (κ3) is 3.43.